The monoisotopic (exact) mass is 249 g/mol. The normalized spacial score (nSPS) is 10.2. The van der Waals surface area contributed by atoms with Crippen LogP contribution in [-0.4, -0.2) is 7.11 Å². The van der Waals surface area contributed by atoms with E-state index < -0.39 is 0 Å². The Morgan fingerprint density at radius 3 is 2.53 bits per heavy atom. The Morgan fingerprint density at radius 1 is 1.12 bits per heavy atom. The molecule has 2 rings (SSSR count). The molecule has 2 nitrogen and oxygen atoms in total. The average molecular weight is 249 g/mol. The molecule has 0 amide bonds. The van der Waals surface area contributed by atoms with Crippen LogP contribution in [0.1, 0.15) is 0 Å². The summed E-state index contributed by atoms with van der Waals surface area (Å²) in [6.07, 6.45) is 0. The van der Waals surface area contributed by atoms with Gasteiger partial charge in [-0.15, -0.1) is 0 Å². The molecule has 0 heterocycles. The zero-order valence-electron chi connectivity index (χ0n) is 9.31. The van der Waals surface area contributed by atoms with Crippen LogP contribution in [0.3, 0.4) is 0 Å². The van der Waals surface area contributed by atoms with E-state index in [0.717, 1.165) is 4.90 Å². The fourth-order valence-corrected chi connectivity index (χ4v) is 2.25. The zero-order chi connectivity index (χ0) is 12.3. The van der Waals surface area contributed by atoms with Gasteiger partial charge >= 0.3 is 0 Å². The fourth-order valence-electron chi connectivity index (χ4n) is 1.39. The molecule has 0 aliphatic carbocycles. The lowest BCUT2D eigenvalue weighted by Gasteiger charge is -2.07. The van der Waals surface area contributed by atoms with Crippen LogP contribution in [0.5, 0.6) is 5.75 Å². The molecule has 0 aromatic heterocycles. The van der Waals surface area contributed by atoms with Crippen LogP contribution in [0, 0.1) is 5.82 Å². The molecule has 2 aromatic carbocycles. The number of hydrogen-bond acceptors (Lipinski definition) is 3. The first-order valence-corrected chi connectivity index (χ1v) is 5.88. The third-order valence-corrected chi connectivity index (χ3v) is 3.42. The van der Waals surface area contributed by atoms with E-state index in [9.17, 15) is 4.39 Å². The summed E-state index contributed by atoms with van der Waals surface area (Å²) in [7, 11) is 1.58. The molecule has 0 bridgehead atoms. The van der Waals surface area contributed by atoms with Crippen LogP contribution in [-0.2, 0) is 0 Å². The van der Waals surface area contributed by atoms with Crippen molar-refractivity contribution in [2.75, 3.05) is 12.8 Å². The maximum absolute atomic E-state index is 13.5. The summed E-state index contributed by atoms with van der Waals surface area (Å²) in [6.45, 7) is 0. The Bertz CT molecular complexity index is 531. The summed E-state index contributed by atoms with van der Waals surface area (Å²) >= 11 is 1.30. The Labute approximate surface area is 104 Å². The SMILES string of the molecule is COc1ccc(Sc2ccccc2F)c(N)c1. The number of hydrogen-bond donors (Lipinski definition) is 1. The second-order valence-corrected chi connectivity index (χ2v) is 4.52. The predicted molar refractivity (Wildman–Crippen MR) is 67.9 cm³/mol. The van der Waals surface area contributed by atoms with Crippen LogP contribution in [0.2, 0.25) is 0 Å². The molecule has 0 spiro atoms. The van der Waals surface area contributed by atoms with E-state index in [-0.39, 0.29) is 5.82 Å². The molecular formula is C13H12FNOS. The Hall–Kier alpha value is -1.68. The lowest BCUT2D eigenvalue weighted by Crippen LogP contribution is -1.91. The second-order valence-electron chi connectivity index (χ2n) is 3.44. The highest BCUT2D eigenvalue weighted by atomic mass is 32.2. The second kappa shape index (κ2) is 5.10. The van der Waals surface area contributed by atoms with Gasteiger partial charge < -0.3 is 10.5 Å². The number of benzene rings is 2. The van der Waals surface area contributed by atoms with Crippen molar-refractivity contribution >= 4 is 17.4 Å². The summed E-state index contributed by atoms with van der Waals surface area (Å²) in [5.74, 6) is 0.452. The van der Waals surface area contributed by atoms with E-state index in [1.807, 2.05) is 6.07 Å². The number of ether oxygens (including phenoxy) is 1. The van der Waals surface area contributed by atoms with Crippen molar-refractivity contribution in [3.05, 3.63) is 48.3 Å². The number of methoxy groups -OCH3 is 1. The molecule has 0 saturated heterocycles. The number of anilines is 1. The van der Waals surface area contributed by atoms with Gasteiger partial charge in [-0.2, -0.15) is 0 Å². The largest absolute Gasteiger partial charge is 0.497 e. The minimum atomic E-state index is -0.243. The lowest BCUT2D eigenvalue weighted by atomic mass is 10.3. The molecule has 0 atom stereocenters. The van der Waals surface area contributed by atoms with Gasteiger partial charge in [-0.1, -0.05) is 23.9 Å². The molecule has 4 heteroatoms. The van der Waals surface area contributed by atoms with Gasteiger partial charge in [0, 0.05) is 21.5 Å². The Kier molecular flexibility index (Phi) is 3.54. The minimum Gasteiger partial charge on any atom is -0.497 e. The minimum absolute atomic E-state index is 0.243. The predicted octanol–water partition coefficient (Wildman–Crippen LogP) is 3.57. The topological polar surface area (TPSA) is 35.2 Å². The van der Waals surface area contributed by atoms with Gasteiger partial charge in [0.15, 0.2) is 0 Å². The third-order valence-electron chi connectivity index (χ3n) is 2.27. The Balaban J connectivity index is 2.28. The highest BCUT2D eigenvalue weighted by Gasteiger charge is 2.06. The molecule has 0 radical (unpaired) electrons. The van der Waals surface area contributed by atoms with Crippen LogP contribution in [0.25, 0.3) is 0 Å². The van der Waals surface area contributed by atoms with E-state index in [0.29, 0.717) is 16.3 Å². The van der Waals surface area contributed by atoms with Gasteiger partial charge in [0.05, 0.1) is 7.11 Å². The molecule has 2 aromatic rings. The van der Waals surface area contributed by atoms with E-state index in [1.165, 1.54) is 17.8 Å². The number of halogens is 1. The summed E-state index contributed by atoms with van der Waals surface area (Å²) in [5.41, 5.74) is 6.45. The molecule has 0 fully saturated rings. The van der Waals surface area contributed by atoms with Crippen molar-refractivity contribution in [3.63, 3.8) is 0 Å². The van der Waals surface area contributed by atoms with E-state index in [1.54, 1.807) is 37.4 Å². The van der Waals surface area contributed by atoms with Crippen LogP contribution in [0.4, 0.5) is 10.1 Å². The van der Waals surface area contributed by atoms with Gasteiger partial charge in [0.25, 0.3) is 0 Å². The number of nitrogen functional groups attached to an aromatic ring is 1. The highest BCUT2D eigenvalue weighted by molar-refractivity contribution is 7.99. The summed E-state index contributed by atoms with van der Waals surface area (Å²) in [5, 5.41) is 0. The molecular weight excluding hydrogens is 237 g/mol. The van der Waals surface area contributed by atoms with Gasteiger partial charge in [-0.05, 0) is 24.3 Å². The van der Waals surface area contributed by atoms with E-state index >= 15 is 0 Å². The number of nitrogens with two attached hydrogens (primary N) is 1. The van der Waals surface area contributed by atoms with E-state index in [2.05, 4.69) is 0 Å². The van der Waals surface area contributed by atoms with Crippen LogP contribution in [0.15, 0.2) is 52.3 Å². The molecule has 0 aliphatic heterocycles. The van der Waals surface area contributed by atoms with E-state index in [4.69, 9.17) is 10.5 Å². The summed E-state index contributed by atoms with van der Waals surface area (Å²) in [6, 6.07) is 12.0. The maximum Gasteiger partial charge on any atom is 0.137 e. The first-order valence-electron chi connectivity index (χ1n) is 5.06. The third kappa shape index (κ3) is 2.71. The highest BCUT2D eigenvalue weighted by Crippen LogP contribution is 2.35. The quantitative estimate of drug-likeness (QED) is 0.845. The average Bonchev–Trinajstić information content (AvgIpc) is 2.34. The lowest BCUT2D eigenvalue weighted by molar-refractivity contribution is 0.415. The molecule has 0 saturated carbocycles. The van der Waals surface area contributed by atoms with Gasteiger partial charge in [0.2, 0.25) is 0 Å². The smallest absolute Gasteiger partial charge is 0.137 e. The van der Waals surface area contributed by atoms with Gasteiger partial charge in [-0.3, -0.25) is 0 Å². The maximum atomic E-state index is 13.5. The molecule has 0 aliphatic rings. The van der Waals surface area contributed by atoms with Crippen LogP contribution >= 0.6 is 11.8 Å². The van der Waals surface area contributed by atoms with Crippen molar-refractivity contribution < 1.29 is 9.13 Å². The van der Waals surface area contributed by atoms with Crippen molar-refractivity contribution in [2.24, 2.45) is 0 Å². The van der Waals surface area contributed by atoms with Crippen molar-refractivity contribution in [2.45, 2.75) is 9.79 Å². The molecule has 0 unspecified atom stereocenters. The van der Waals surface area contributed by atoms with Gasteiger partial charge in [0.1, 0.15) is 11.6 Å². The standard InChI is InChI=1S/C13H12FNOS/c1-16-9-6-7-13(11(15)8-9)17-12-5-3-2-4-10(12)14/h2-8H,15H2,1H3. The molecule has 88 valence electrons. The first kappa shape index (κ1) is 11.8. The molecule has 17 heavy (non-hydrogen) atoms. The van der Waals surface area contributed by atoms with Crippen LogP contribution < -0.4 is 10.5 Å². The fraction of sp³-hybridized carbons (Fsp3) is 0.0769. The number of rotatable bonds is 3. The summed E-state index contributed by atoms with van der Waals surface area (Å²) < 4.78 is 18.5. The van der Waals surface area contributed by atoms with Crippen molar-refractivity contribution in [1.29, 1.82) is 0 Å². The first-order chi connectivity index (χ1) is 8.20. The van der Waals surface area contributed by atoms with Crippen molar-refractivity contribution in [1.82, 2.24) is 0 Å². The molecule has 2 N–H and O–H groups in total. The summed E-state index contributed by atoms with van der Waals surface area (Å²) in [4.78, 5) is 1.38. The van der Waals surface area contributed by atoms with Gasteiger partial charge in [-0.25, -0.2) is 4.39 Å². The Morgan fingerprint density at radius 2 is 1.88 bits per heavy atom. The zero-order valence-corrected chi connectivity index (χ0v) is 10.1. The van der Waals surface area contributed by atoms with Crippen molar-refractivity contribution in [3.8, 4) is 5.75 Å².